The highest BCUT2D eigenvalue weighted by molar-refractivity contribution is 5.78. The van der Waals surface area contributed by atoms with Crippen LogP contribution in [0.15, 0.2) is 12.7 Å². The molecule has 0 aromatic heterocycles. The number of carbonyl (C=O) groups is 1. The summed E-state index contributed by atoms with van der Waals surface area (Å²) in [6, 6.07) is 0. The van der Waals surface area contributed by atoms with E-state index in [1.54, 1.807) is 11.0 Å². The second-order valence-electron chi connectivity index (χ2n) is 3.60. The number of hydrogen-bond donors (Lipinski definition) is 2. The Balaban J connectivity index is 2.21. The van der Waals surface area contributed by atoms with Gasteiger partial charge in [-0.2, -0.15) is 0 Å². The summed E-state index contributed by atoms with van der Waals surface area (Å²) >= 11 is 0. The zero-order chi connectivity index (χ0) is 10.4. The summed E-state index contributed by atoms with van der Waals surface area (Å²) < 4.78 is 0. The lowest BCUT2D eigenvalue weighted by atomic mass is 10.1. The fraction of sp³-hybridized carbons (Fsp3) is 0.700. The van der Waals surface area contributed by atoms with Gasteiger partial charge in [-0.05, 0) is 6.42 Å². The van der Waals surface area contributed by atoms with Crippen LogP contribution in [0.3, 0.4) is 0 Å². The Bertz CT molecular complexity index is 206. The Hall–Kier alpha value is -0.870. The number of aliphatic hydroxyl groups excluding tert-OH is 1. The molecule has 1 saturated heterocycles. The molecular formula is C10H18N2O2. The molecule has 1 amide bonds. The van der Waals surface area contributed by atoms with Crippen molar-refractivity contribution in [3.05, 3.63) is 12.7 Å². The normalized spacial score (nSPS) is 21.2. The maximum Gasteiger partial charge on any atom is 0.236 e. The Kier molecular flexibility index (Phi) is 4.62. The number of nitrogens with one attached hydrogen (secondary N) is 1. The molecule has 1 aliphatic heterocycles. The number of likely N-dealkylation sites (tertiary alicyclic amines) is 1. The molecule has 80 valence electrons. The van der Waals surface area contributed by atoms with Crippen molar-refractivity contribution in [3.8, 4) is 0 Å². The fourth-order valence-electron chi connectivity index (χ4n) is 1.60. The molecule has 0 radical (unpaired) electrons. The zero-order valence-corrected chi connectivity index (χ0v) is 8.41. The first kappa shape index (κ1) is 11.2. The van der Waals surface area contributed by atoms with E-state index in [1.807, 2.05) is 0 Å². The van der Waals surface area contributed by atoms with Gasteiger partial charge in [0.2, 0.25) is 5.91 Å². The zero-order valence-electron chi connectivity index (χ0n) is 8.41. The Labute approximate surface area is 84.6 Å². The molecule has 14 heavy (non-hydrogen) atoms. The average Bonchev–Trinajstić information content (AvgIpc) is 2.66. The molecule has 0 aliphatic carbocycles. The lowest BCUT2D eigenvalue weighted by Gasteiger charge is -2.16. The van der Waals surface area contributed by atoms with Crippen molar-refractivity contribution < 1.29 is 9.90 Å². The topological polar surface area (TPSA) is 52.6 Å². The van der Waals surface area contributed by atoms with Crippen LogP contribution in [-0.2, 0) is 4.79 Å². The number of amides is 1. The highest BCUT2D eigenvalue weighted by Gasteiger charge is 2.24. The molecule has 0 spiro atoms. The smallest absolute Gasteiger partial charge is 0.236 e. The molecular weight excluding hydrogens is 180 g/mol. The predicted octanol–water partition coefficient (Wildman–Crippen LogP) is -0.397. The summed E-state index contributed by atoms with van der Waals surface area (Å²) in [5.74, 6) is 0.390. The van der Waals surface area contributed by atoms with E-state index in [2.05, 4.69) is 11.9 Å². The van der Waals surface area contributed by atoms with Crippen LogP contribution in [0.5, 0.6) is 0 Å². The van der Waals surface area contributed by atoms with Crippen molar-refractivity contribution >= 4 is 5.91 Å². The summed E-state index contributed by atoms with van der Waals surface area (Å²) in [5.41, 5.74) is 0. The molecule has 0 bridgehead atoms. The summed E-state index contributed by atoms with van der Waals surface area (Å²) in [4.78, 5) is 13.3. The molecule has 2 N–H and O–H groups in total. The molecule has 1 rings (SSSR count). The minimum Gasteiger partial charge on any atom is -0.396 e. The summed E-state index contributed by atoms with van der Waals surface area (Å²) in [6.45, 7) is 6.24. The van der Waals surface area contributed by atoms with E-state index >= 15 is 0 Å². The first-order valence-electron chi connectivity index (χ1n) is 4.98. The van der Waals surface area contributed by atoms with E-state index in [0.717, 1.165) is 13.0 Å². The monoisotopic (exact) mass is 198 g/mol. The molecule has 4 nitrogen and oxygen atoms in total. The van der Waals surface area contributed by atoms with Crippen LogP contribution in [0.4, 0.5) is 0 Å². The molecule has 0 aromatic carbocycles. The van der Waals surface area contributed by atoms with Crippen LogP contribution >= 0.6 is 0 Å². The van der Waals surface area contributed by atoms with Crippen LogP contribution in [0.25, 0.3) is 0 Å². The van der Waals surface area contributed by atoms with Crippen LogP contribution in [0.2, 0.25) is 0 Å². The van der Waals surface area contributed by atoms with Gasteiger partial charge in [-0.15, -0.1) is 6.58 Å². The van der Waals surface area contributed by atoms with Gasteiger partial charge in [-0.25, -0.2) is 0 Å². The standard InChI is InChI=1S/C10H18N2O2/c1-2-4-11-6-10(14)12-5-3-9(7-12)8-13/h2,9,11,13H,1,3-8H2. The van der Waals surface area contributed by atoms with E-state index in [4.69, 9.17) is 5.11 Å². The van der Waals surface area contributed by atoms with E-state index in [-0.39, 0.29) is 18.4 Å². The molecule has 1 unspecified atom stereocenters. The van der Waals surface area contributed by atoms with Crippen molar-refractivity contribution in [2.24, 2.45) is 5.92 Å². The second kappa shape index (κ2) is 5.78. The van der Waals surface area contributed by atoms with Gasteiger partial charge in [0.15, 0.2) is 0 Å². The fourth-order valence-corrected chi connectivity index (χ4v) is 1.60. The summed E-state index contributed by atoms with van der Waals surface area (Å²) in [7, 11) is 0. The molecule has 1 aliphatic rings. The molecule has 4 heteroatoms. The SMILES string of the molecule is C=CCNCC(=O)N1CCC(CO)C1. The third kappa shape index (κ3) is 3.12. The van der Waals surface area contributed by atoms with Gasteiger partial charge in [0.05, 0.1) is 6.54 Å². The van der Waals surface area contributed by atoms with Gasteiger partial charge in [0.25, 0.3) is 0 Å². The molecule has 1 atom stereocenters. The van der Waals surface area contributed by atoms with Gasteiger partial charge in [0.1, 0.15) is 0 Å². The summed E-state index contributed by atoms with van der Waals surface area (Å²) in [6.07, 6.45) is 2.65. The van der Waals surface area contributed by atoms with Gasteiger partial charge in [0, 0.05) is 32.2 Å². The first-order valence-corrected chi connectivity index (χ1v) is 4.98. The van der Waals surface area contributed by atoms with E-state index in [1.165, 1.54) is 0 Å². The first-order chi connectivity index (χ1) is 6.77. The molecule has 0 saturated carbocycles. The number of nitrogens with zero attached hydrogens (tertiary/aromatic N) is 1. The number of hydrogen-bond acceptors (Lipinski definition) is 3. The predicted molar refractivity (Wildman–Crippen MR) is 54.8 cm³/mol. The van der Waals surface area contributed by atoms with E-state index in [9.17, 15) is 4.79 Å². The number of aliphatic hydroxyl groups is 1. The average molecular weight is 198 g/mol. The number of carbonyl (C=O) groups excluding carboxylic acids is 1. The minimum absolute atomic E-state index is 0.114. The van der Waals surface area contributed by atoms with Crippen molar-refractivity contribution in [2.45, 2.75) is 6.42 Å². The van der Waals surface area contributed by atoms with Crippen molar-refractivity contribution in [2.75, 3.05) is 32.8 Å². The van der Waals surface area contributed by atoms with E-state index < -0.39 is 0 Å². The minimum atomic E-state index is 0.114. The molecule has 0 aromatic rings. The van der Waals surface area contributed by atoms with Crippen LogP contribution < -0.4 is 5.32 Å². The molecule has 1 heterocycles. The van der Waals surface area contributed by atoms with Gasteiger partial charge in [-0.1, -0.05) is 6.08 Å². The van der Waals surface area contributed by atoms with Crippen LogP contribution in [0.1, 0.15) is 6.42 Å². The third-order valence-corrected chi connectivity index (χ3v) is 2.46. The van der Waals surface area contributed by atoms with Crippen LogP contribution in [0, 0.1) is 5.92 Å². The van der Waals surface area contributed by atoms with Crippen LogP contribution in [-0.4, -0.2) is 48.7 Å². The maximum absolute atomic E-state index is 11.5. The quantitative estimate of drug-likeness (QED) is 0.467. The van der Waals surface area contributed by atoms with Crippen molar-refractivity contribution in [1.29, 1.82) is 0 Å². The highest BCUT2D eigenvalue weighted by atomic mass is 16.3. The van der Waals surface area contributed by atoms with Crippen molar-refractivity contribution in [1.82, 2.24) is 10.2 Å². The van der Waals surface area contributed by atoms with Gasteiger partial charge in [-0.3, -0.25) is 4.79 Å². The van der Waals surface area contributed by atoms with Crippen molar-refractivity contribution in [3.63, 3.8) is 0 Å². The van der Waals surface area contributed by atoms with Gasteiger partial charge >= 0.3 is 0 Å². The lowest BCUT2D eigenvalue weighted by Crippen LogP contribution is -2.36. The molecule has 1 fully saturated rings. The maximum atomic E-state index is 11.5. The third-order valence-electron chi connectivity index (χ3n) is 2.46. The van der Waals surface area contributed by atoms with E-state index in [0.29, 0.717) is 19.6 Å². The Morgan fingerprint density at radius 2 is 2.50 bits per heavy atom. The Morgan fingerprint density at radius 3 is 3.07 bits per heavy atom. The largest absolute Gasteiger partial charge is 0.396 e. The summed E-state index contributed by atoms with van der Waals surface area (Å²) in [5, 5.41) is 11.9. The highest BCUT2D eigenvalue weighted by Crippen LogP contribution is 2.14. The van der Waals surface area contributed by atoms with Gasteiger partial charge < -0.3 is 15.3 Å². The second-order valence-corrected chi connectivity index (χ2v) is 3.60. The number of rotatable bonds is 5. The lowest BCUT2D eigenvalue weighted by molar-refractivity contribution is -0.129. The Morgan fingerprint density at radius 1 is 1.71 bits per heavy atom.